The quantitative estimate of drug-likeness (QED) is 0.813. The van der Waals surface area contributed by atoms with Gasteiger partial charge in [0.15, 0.2) is 0 Å². The summed E-state index contributed by atoms with van der Waals surface area (Å²) in [5.74, 6) is 0. The summed E-state index contributed by atoms with van der Waals surface area (Å²) in [5.41, 5.74) is 0.312. The molecule has 0 radical (unpaired) electrons. The molecule has 1 heterocycles. The van der Waals surface area contributed by atoms with Gasteiger partial charge in [-0.05, 0) is 35.9 Å². The Bertz CT molecular complexity index is 631. The van der Waals surface area contributed by atoms with Crippen LogP contribution in [-0.4, -0.2) is 4.98 Å². The summed E-state index contributed by atoms with van der Waals surface area (Å²) in [6.45, 7) is 0. The molecular weight excluding hydrogens is 253 g/mol. The first kappa shape index (κ1) is 13.0. The van der Waals surface area contributed by atoms with Crippen LogP contribution < -0.4 is 0 Å². The summed E-state index contributed by atoms with van der Waals surface area (Å²) in [6, 6.07) is 10.1. The van der Waals surface area contributed by atoms with E-state index in [1.807, 2.05) is 6.07 Å². The fraction of sp³-hybridized carbons (Fsp3) is 0.0714. The topological polar surface area (TPSA) is 39.6 Å². The van der Waals surface area contributed by atoms with Crippen LogP contribution in [0.15, 0.2) is 42.6 Å². The van der Waals surface area contributed by atoms with Crippen molar-refractivity contribution in [2.24, 2.45) is 0 Å². The predicted octanol–water partition coefficient (Wildman–Crippen LogP) is 4.10. The number of rotatable bonds is 2. The summed E-state index contributed by atoms with van der Waals surface area (Å²) in [7, 11) is 0. The Balaban J connectivity index is 2.43. The van der Waals surface area contributed by atoms with Gasteiger partial charge in [-0.3, -0.25) is 0 Å². The van der Waals surface area contributed by atoms with Crippen LogP contribution in [-0.2, 0) is 6.18 Å². The summed E-state index contributed by atoms with van der Waals surface area (Å²) in [4.78, 5) is 2.87. The van der Waals surface area contributed by atoms with Gasteiger partial charge >= 0.3 is 6.18 Å². The van der Waals surface area contributed by atoms with Gasteiger partial charge in [-0.1, -0.05) is 12.1 Å². The van der Waals surface area contributed by atoms with Crippen molar-refractivity contribution >= 4 is 11.6 Å². The molecule has 1 aromatic heterocycles. The number of aromatic nitrogens is 1. The lowest BCUT2D eigenvalue weighted by atomic mass is 10.0. The Morgan fingerprint density at radius 3 is 2.58 bits per heavy atom. The van der Waals surface area contributed by atoms with Crippen LogP contribution in [0.25, 0.3) is 11.6 Å². The zero-order chi connectivity index (χ0) is 13.9. The highest BCUT2D eigenvalue weighted by molar-refractivity contribution is 5.89. The van der Waals surface area contributed by atoms with Gasteiger partial charge in [-0.25, -0.2) is 0 Å². The van der Waals surface area contributed by atoms with Crippen LogP contribution in [0.5, 0.6) is 0 Å². The molecule has 19 heavy (non-hydrogen) atoms. The number of hydrogen-bond acceptors (Lipinski definition) is 1. The standard InChI is InChI=1S/C14H9F3N2/c15-14(16,17)12-4-1-3-10(7-12)11(9-18)8-13-5-2-6-19-13/h1-8,19H/b11-8+. The zero-order valence-corrected chi connectivity index (χ0v) is 9.70. The van der Waals surface area contributed by atoms with E-state index in [1.165, 1.54) is 18.2 Å². The second-order valence-corrected chi connectivity index (χ2v) is 3.87. The first-order valence-corrected chi connectivity index (χ1v) is 5.43. The largest absolute Gasteiger partial charge is 0.416 e. The molecule has 2 nitrogen and oxygen atoms in total. The molecular formula is C14H9F3N2. The minimum absolute atomic E-state index is 0.175. The summed E-state index contributed by atoms with van der Waals surface area (Å²) >= 11 is 0. The van der Waals surface area contributed by atoms with Crippen LogP contribution in [0.3, 0.4) is 0 Å². The van der Waals surface area contributed by atoms with Gasteiger partial charge in [0.2, 0.25) is 0 Å². The lowest BCUT2D eigenvalue weighted by Crippen LogP contribution is -2.04. The Morgan fingerprint density at radius 1 is 1.21 bits per heavy atom. The van der Waals surface area contributed by atoms with Crippen molar-refractivity contribution in [2.45, 2.75) is 6.18 Å². The first-order chi connectivity index (χ1) is 9.00. The lowest BCUT2D eigenvalue weighted by Gasteiger charge is -2.08. The van der Waals surface area contributed by atoms with Gasteiger partial charge < -0.3 is 4.98 Å². The first-order valence-electron chi connectivity index (χ1n) is 5.43. The lowest BCUT2D eigenvalue weighted by molar-refractivity contribution is -0.137. The van der Waals surface area contributed by atoms with E-state index < -0.39 is 11.7 Å². The van der Waals surface area contributed by atoms with E-state index in [4.69, 9.17) is 5.26 Å². The number of nitrogens with zero attached hydrogens (tertiary/aromatic N) is 1. The van der Waals surface area contributed by atoms with Gasteiger partial charge in [-0.15, -0.1) is 0 Å². The maximum Gasteiger partial charge on any atom is 0.416 e. The van der Waals surface area contributed by atoms with Crippen molar-refractivity contribution < 1.29 is 13.2 Å². The Kier molecular flexibility index (Phi) is 3.43. The average molecular weight is 262 g/mol. The van der Waals surface area contributed by atoms with Crippen LogP contribution >= 0.6 is 0 Å². The third-order valence-corrected chi connectivity index (χ3v) is 2.54. The molecule has 0 aliphatic carbocycles. The van der Waals surface area contributed by atoms with Crippen molar-refractivity contribution in [3.05, 3.63) is 59.4 Å². The van der Waals surface area contributed by atoms with Crippen LogP contribution in [0.2, 0.25) is 0 Å². The van der Waals surface area contributed by atoms with E-state index in [9.17, 15) is 13.2 Å². The smallest absolute Gasteiger partial charge is 0.362 e. The fourth-order valence-electron chi connectivity index (χ4n) is 1.63. The summed E-state index contributed by atoms with van der Waals surface area (Å²) < 4.78 is 37.8. The van der Waals surface area contributed by atoms with Gasteiger partial charge in [0.1, 0.15) is 0 Å². The molecule has 0 saturated carbocycles. The summed E-state index contributed by atoms with van der Waals surface area (Å²) in [6.07, 6.45) is -1.23. The minimum atomic E-state index is -4.41. The Labute approximate surface area is 107 Å². The second-order valence-electron chi connectivity index (χ2n) is 3.87. The van der Waals surface area contributed by atoms with Crippen LogP contribution in [0.4, 0.5) is 13.2 Å². The normalized spacial score (nSPS) is 12.2. The molecule has 2 rings (SSSR count). The van der Waals surface area contributed by atoms with Crippen molar-refractivity contribution in [3.63, 3.8) is 0 Å². The molecule has 0 spiro atoms. The van der Waals surface area contributed by atoms with Crippen molar-refractivity contribution in [2.75, 3.05) is 0 Å². The Morgan fingerprint density at radius 2 is 2.00 bits per heavy atom. The molecule has 0 atom stereocenters. The molecule has 1 N–H and O–H groups in total. The number of halogens is 3. The molecule has 0 amide bonds. The molecule has 0 fully saturated rings. The number of nitriles is 1. The predicted molar refractivity (Wildman–Crippen MR) is 65.7 cm³/mol. The third-order valence-electron chi connectivity index (χ3n) is 2.54. The molecule has 0 saturated heterocycles. The maximum atomic E-state index is 12.6. The van der Waals surface area contributed by atoms with E-state index in [1.54, 1.807) is 18.3 Å². The highest BCUT2D eigenvalue weighted by Crippen LogP contribution is 2.31. The number of aromatic amines is 1. The third kappa shape index (κ3) is 3.05. The van der Waals surface area contributed by atoms with E-state index in [-0.39, 0.29) is 11.1 Å². The number of H-pyrrole nitrogens is 1. The van der Waals surface area contributed by atoms with E-state index >= 15 is 0 Å². The second kappa shape index (κ2) is 5.02. The average Bonchev–Trinajstić information content (AvgIpc) is 2.88. The van der Waals surface area contributed by atoms with Crippen molar-refractivity contribution in [1.29, 1.82) is 5.26 Å². The van der Waals surface area contributed by atoms with E-state index in [0.29, 0.717) is 5.69 Å². The highest BCUT2D eigenvalue weighted by Gasteiger charge is 2.30. The molecule has 96 valence electrons. The van der Waals surface area contributed by atoms with Gasteiger partial charge in [0.05, 0.1) is 17.2 Å². The fourth-order valence-corrected chi connectivity index (χ4v) is 1.63. The number of nitrogens with one attached hydrogen (secondary N) is 1. The number of alkyl halides is 3. The molecule has 5 heteroatoms. The van der Waals surface area contributed by atoms with Gasteiger partial charge in [0, 0.05) is 11.9 Å². The molecule has 0 unspecified atom stereocenters. The number of allylic oxidation sites excluding steroid dienone is 1. The van der Waals surface area contributed by atoms with Crippen molar-refractivity contribution in [1.82, 2.24) is 4.98 Å². The zero-order valence-electron chi connectivity index (χ0n) is 9.70. The molecule has 1 aromatic carbocycles. The van der Waals surface area contributed by atoms with E-state index in [0.717, 1.165) is 12.1 Å². The van der Waals surface area contributed by atoms with E-state index in [2.05, 4.69) is 4.98 Å². The number of hydrogen-bond donors (Lipinski definition) is 1. The van der Waals surface area contributed by atoms with Crippen LogP contribution in [0, 0.1) is 11.3 Å². The minimum Gasteiger partial charge on any atom is -0.362 e. The molecule has 2 aromatic rings. The monoisotopic (exact) mass is 262 g/mol. The van der Waals surface area contributed by atoms with Gasteiger partial charge in [0.25, 0.3) is 0 Å². The molecule has 0 aliphatic heterocycles. The van der Waals surface area contributed by atoms with Gasteiger partial charge in [-0.2, -0.15) is 18.4 Å². The van der Waals surface area contributed by atoms with Crippen molar-refractivity contribution in [3.8, 4) is 6.07 Å². The molecule has 0 bridgehead atoms. The van der Waals surface area contributed by atoms with Crippen LogP contribution in [0.1, 0.15) is 16.8 Å². The summed E-state index contributed by atoms with van der Waals surface area (Å²) in [5, 5.41) is 9.06. The molecule has 0 aliphatic rings. The number of benzene rings is 1. The Hall–Kier alpha value is -2.48. The highest BCUT2D eigenvalue weighted by atomic mass is 19.4. The SMILES string of the molecule is N#C/C(=C\c1ccc[nH]1)c1cccc(C(F)(F)F)c1. The maximum absolute atomic E-state index is 12.6.